The fourth-order valence-corrected chi connectivity index (χ4v) is 2.96. The number of halogens is 2. The largest absolute Gasteiger partial charge is 0.465 e. The number of ether oxygens (including phenoxy) is 4. The van der Waals surface area contributed by atoms with E-state index in [-0.39, 0.29) is 44.5 Å². The maximum absolute atomic E-state index is 13.3. The van der Waals surface area contributed by atoms with Crippen LogP contribution in [-0.2, 0) is 43.4 Å². The Morgan fingerprint density at radius 2 is 1.90 bits per heavy atom. The fraction of sp³-hybridized carbons (Fsp3) is 0.706. The van der Waals surface area contributed by atoms with Crippen LogP contribution >= 0.6 is 0 Å². The van der Waals surface area contributed by atoms with E-state index in [1.807, 2.05) is 0 Å². The van der Waals surface area contributed by atoms with Gasteiger partial charge in [-0.05, 0) is 26.2 Å². The first-order valence-electron chi connectivity index (χ1n) is 8.92. The van der Waals surface area contributed by atoms with Crippen LogP contribution in [-0.4, -0.2) is 67.7 Å². The molecule has 2 atom stereocenters. The lowest BCUT2D eigenvalue weighted by Crippen LogP contribution is -2.41. The second kappa shape index (κ2) is 10.3. The van der Waals surface area contributed by atoms with Crippen LogP contribution in [0.3, 0.4) is 0 Å². The Morgan fingerprint density at radius 1 is 1.27 bits per heavy atom. The lowest BCUT2D eigenvalue weighted by atomic mass is 9.98. The van der Waals surface area contributed by atoms with Crippen molar-refractivity contribution in [3.8, 4) is 0 Å². The summed E-state index contributed by atoms with van der Waals surface area (Å²) in [6.07, 6.45) is -0.746. The van der Waals surface area contributed by atoms with Crippen molar-refractivity contribution in [1.82, 2.24) is 0 Å². The third-order valence-corrected chi connectivity index (χ3v) is 5.18. The second-order valence-electron chi connectivity index (χ2n) is 6.74. The van der Waals surface area contributed by atoms with E-state index in [1.54, 1.807) is 6.92 Å². The Morgan fingerprint density at radius 3 is 2.43 bits per heavy atom. The molecule has 0 amide bonds. The molecule has 0 aromatic rings. The Kier molecular flexibility index (Phi) is 8.87. The predicted octanol–water partition coefficient (Wildman–Crippen LogP) is 1.39. The van der Waals surface area contributed by atoms with Gasteiger partial charge < -0.3 is 18.9 Å². The first kappa shape index (κ1) is 25.9. The van der Waals surface area contributed by atoms with Gasteiger partial charge in [-0.25, -0.2) is 14.4 Å². The minimum Gasteiger partial charge on any atom is -0.460 e. The lowest BCUT2D eigenvalue weighted by molar-refractivity contribution is -0.171. The highest BCUT2D eigenvalue weighted by molar-refractivity contribution is 7.87. The molecule has 1 N–H and O–H groups in total. The van der Waals surface area contributed by atoms with Crippen LogP contribution in [0.25, 0.3) is 0 Å². The summed E-state index contributed by atoms with van der Waals surface area (Å²) in [7, 11) is -5.97. The quantitative estimate of drug-likeness (QED) is 0.159. The zero-order valence-corrected chi connectivity index (χ0v) is 17.3. The summed E-state index contributed by atoms with van der Waals surface area (Å²) in [5, 5.41) is -5.09. The van der Waals surface area contributed by atoms with Crippen molar-refractivity contribution in [2.24, 2.45) is 0 Å². The molecule has 0 aromatic carbocycles. The molecular formula is C17H24F2O10S. The standard InChI is InChI=1S/C17H24F2O10S/c1-4-16(29-13(20)10-26-7-8-27-14(21)11(2)3)6-5-12(9-16)28-15(22)17(18,19)30(23,24)25/h12H,2,4-10H2,1,3H3,(H,23,24,25). The fourth-order valence-electron chi connectivity index (χ4n) is 2.70. The van der Waals surface area contributed by atoms with Crippen LogP contribution in [0, 0.1) is 0 Å². The lowest BCUT2D eigenvalue weighted by Gasteiger charge is -2.28. The van der Waals surface area contributed by atoms with Gasteiger partial charge in [0.05, 0.1) is 6.61 Å². The van der Waals surface area contributed by atoms with Crippen molar-refractivity contribution in [1.29, 1.82) is 0 Å². The molecule has 2 unspecified atom stereocenters. The summed E-state index contributed by atoms with van der Waals surface area (Å²) >= 11 is 0. The van der Waals surface area contributed by atoms with Gasteiger partial charge in [0.25, 0.3) is 0 Å². The molecule has 1 aliphatic carbocycles. The zero-order valence-electron chi connectivity index (χ0n) is 16.5. The molecule has 0 saturated heterocycles. The molecule has 0 aromatic heterocycles. The van der Waals surface area contributed by atoms with E-state index in [0.717, 1.165) is 0 Å². The van der Waals surface area contributed by atoms with Gasteiger partial charge >= 0.3 is 33.3 Å². The van der Waals surface area contributed by atoms with Gasteiger partial charge in [-0.2, -0.15) is 17.2 Å². The second-order valence-corrected chi connectivity index (χ2v) is 8.20. The Hall–Kier alpha value is -2.12. The number of hydrogen-bond donors (Lipinski definition) is 1. The molecular weight excluding hydrogens is 434 g/mol. The smallest absolute Gasteiger partial charge is 0.460 e. The van der Waals surface area contributed by atoms with E-state index in [1.165, 1.54) is 6.92 Å². The summed E-state index contributed by atoms with van der Waals surface area (Å²) in [5.74, 6) is -3.77. The van der Waals surface area contributed by atoms with Gasteiger partial charge in [0.1, 0.15) is 24.9 Å². The summed E-state index contributed by atoms with van der Waals surface area (Å²) in [4.78, 5) is 34.6. The van der Waals surface area contributed by atoms with E-state index in [9.17, 15) is 31.6 Å². The maximum atomic E-state index is 13.3. The molecule has 1 rings (SSSR count). The number of esters is 3. The molecule has 30 heavy (non-hydrogen) atoms. The molecule has 13 heteroatoms. The van der Waals surface area contributed by atoms with E-state index >= 15 is 0 Å². The van der Waals surface area contributed by atoms with Crippen LogP contribution in [0.1, 0.15) is 39.5 Å². The van der Waals surface area contributed by atoms with Crippen LogP contribution in [0.15, 0.2) is 12.2 Å². The average molecular weight is 458 g/mol. The maximum Gasteiger partial charge on any atom is 0.465 e. The highest BCUT2D eigenvalue weighted by Crippen LogP contribution is 2.39. The van der Waals surface area contributed by atoms with Crippen molar-refractivity contribution in [3.05, 3.63) is 12.2 Å². The van der Waals surface area contributed by atoms with Crippen LogP contribution in [0.2, 0.25) is 0 Å². The van der Waals surface area contributed by atoms with Crippen LogP contribution < -0.4 is 0 Å². The van der Waals surface area contributed by atoms with Crippen molar-refractivity contribution in [3.63, 3.8) is 0 Å². The Labute approximate surface area is 172 Å². The number of carbonyl (C=O) groups is 3. The SMILES string of the molecule is C=C(C)C(=O)OCCOCC(=O)OC1(CC)CCC(OC(=O)C(F)(F)S(=O)(=O)O)C1. The monoisotopic (exact) mass is 458 g/mol. The highest BCUT2D eigenvalue weighted by atomic mass is 32.2. The molecule has 1 fully saturated rings. The minimum atomic E-state index is -5.97. The van der Waals surface area contributed by atoms with Gasteiger partial charge in [0.15, 0.2) is 0 Å². The van der Waals surface area contributed by atoms with Gasteiger partial charge in [-0.1, -0.05) is 13.5 Å². The van der Waals surface area contributed by atoms with Gasteiger partial charge in [-0.15, -0.1) is 0 Å². The first-order valence-corrected chi connectivity index (χ1v) is 10.4. The van der Waals surface area contributed by atoms with Crippen LogP contribution in [0.5, 0.6) is 0 Å². The number of rotatable bonds is 11. The zero-order chi connectivity index (χ0) is 23.2. The summed E-state index contributed by atoms with van der Waals surface area (Å²) in [6.45, 7) is 5.91. The van der Waals surface area contributed by atoms with Crippen molar-refractivity contribution in [2.75, 3.05) is 19.8 Å². The first-order chi connectivity index (χ1) is 13.7. The normalized spacial score (nSPS) is 21.7. The van der Waals surface area contributed by atoms with Crippen molar-refractivity contribution >= 4 is 28.0 Å². The molecule has 0 bridgehead atoms. The molecule has 0 heterocycles. The Balaban J connectivity index is 2.50. The molecule has 10 nitrogen and oxygen atoms in total. The Bertz CT molecular complexity index is 779. The number of carbonyl (C=O) groups excluding carboxylic acids is 3. The minimum absolute atomic E-state index is 0.0477. The summed E-state index contributed by atoms with van der Waals surface area (Å²) < 4.78 is 75.9. The summed E-state index contributed by atoms with van der Waals surface area (Å²) in [6, 6.07) is 0. The molecule has 172 valence electrons. The van der Waals surface area contributed by atoms with Crippen LogP contribution in [0.4, 0.5) is 8.78 Å². The molecule has 0 aliphatic heterocycles. The molecule has 0 spiro atoms. The van der Waals surface area contributed by atoms with E-state index in [2.05, 4.69) is 11.3 Å². The number of alkyl halides is 2. The third-order valence-electron chi connectivity index (χ3n) is 4.36. The highest BCUT2D eigenvalue weighted by Gasteiger charge is 2.55. The van der Waals surface area contributed by atoms with Gasteiger partial charge in [0, 0.05) is 12.0 Å². The molecule has 1 aliphatic rings. The third kappa shape index (κ3) is 6.99. The molecule has 0 radical (unpaired) electrons. The summed E-state index contributed by atoms with van der Waals surface area (Å²) in [5.41, 5.74) is -0.893. The van der Waals surface area contributed by atoms with Crippen molar-refractivity contribution in [2.45, 2.75) is 56.5 Å². The van der Waals surface area contributed by atoms with E-state index in [4.69, 9.17) is 18.8 Å². The molecule has 1 saturated carbocycles. The predicted molar refractivity (Wildman–Crippen MR) is 95.9 cm³/mol. The van der Waals surface area contributed by atoms with Gasteiger partial charge in [0.2, 0.25) is 0 Å². The van der Waals surface area contributed by atoms with Crippen molar-refractivity contribution < 1.29 is 55.1 Å². The van der Waals surface area contributed by atoms with E-state index < -0.39 is 51.6 Å². The topological polar surface area (TPSA) is 142 Å². The average Bonchev–Trinajstić information content (AvgIpc) is 3.03. The number of hydrogen-bond acceptors (Lipinski definition) is 9. The van der Waals surface area contributed by atoms with Gasteiger partial charge in [-0.3, -0.25) is 4.55 Å². The van der Waals surface area contributed by atoms with E-state index in [0.29, 0.717) is 0 Å².